The summed E-state index contributed by atoms with van der Waals surface area (Å²) in [6, 6.07) is 9.33. The van der Waals surface area contributed by atoms with Gasteiger partial charge in [-0.1, -0.05) is 29.4 Å². The second-order valence-electron chi connectivity index (χ2n) is 4.37. The van der Waals surface area contributed by atoms with E-state index in [1.165, 1.54) is 0 Å². The molecule has 0 aliphatic heterocycles. The van der Waals surface area contributed by atoms with Crippen LogP contribution in [0.2, 0.25) is 0 Å². The monoisotopic (exact) mass is 274 g/mol. The van der Waals surface area contributed by atoms with Gasteiger partial charge in [0.15, 0.2) is 5.76 Å². The quantitative estimate of drug-likeness (QED) is 0.817. The Balaban J connectivity index is 2.04. The van der Waals surface area contributed by atoms with Crippen LogP contribution < -0.4 is 5.32 Å². The van der Waals surface area contributed by atoms with Crippen LogP contribution in [0.15, 0.2) is 41.1 Å². The number of aromatic nitrogens is 1. The Kier molecular flexibility index (Phi) is 4.90. The van der Waals surface area contributed by atoms with Crippen LogP contribution in [0.5, 0.6) is 0 Å². The van der Waals surface area contributed by atoms with E-state index in [-0.39, 0.29) is 12.0 Å². The predicted octanol–water partition coefficient (Wildman–Crippen LogP) is 2.04. The maximum Gasteiger partial charge on any atom is 0.323 e. The molecule has 0 amide bonds. The Labute approximate surface area is 117 Å². The maximum atomic E-state index is 11.7. The van der Waals surface area contributed by atoms with Crippen molar-refractivity contribution >= 4 is 5.97 Å². The second kappa shape index (κ2) is 6.86. The third-order valence-electron chi connectivity index (χ3n) is 3.04. The number of ether oxygens (including phenoxy) is 1. The Bertz CT molecular complexity index is 535. The fourth-order valence-electron chi connectivity index (χ4n) is 1.95. The van der Waals surface area contributed by atoms with Gasteiger partial charge in [-0.05, 0) is 26.0 Å². The van der Waals surface area contributed by atoms with Gasteiger partial charge in [-0.2, -0.15) is 0 Å². The number of likely N-dealkylation sites (N-methyl/N-ethyl adjacent to an activating group) is 1. The van der Waals surface area contributed by atoms with Crippen LogP contribution in [0.3, 0.4) is 0 Å². The molecule has 0 saturated heterocycles. The van der Waals surface area contributed by atoms with Crippen molar-refractivity contribution in [3.05, 3.63) is 42.1 Å². The van der Waals surface area contributed by atoms with Crippen LogP contribution in [0.25, 0.3) is 11.3 Å². The van der Waals surface area contributed by atoms with Gasteiger partial charge in [0, 0.05) is 11.6 Å². The molecule has 0 fully saturated rings. The third-order valence-corrected chi connectivity index (χ3v) is 3.04. The molecular formula is C15H18N2O3. The van der Waals surface area contributed by atoms with Crippen LogP contribution in [-0.2, 0) is 16.0 Å². The number of benzene rings is 1. The molecule has 1 N–H and O–H groups in total. The fourth-order valence-corrected chi connectivity index (χ4v) is 1.95. The first-order valence-electron chi connectivity index (χ1n) is 6.58. The molecule has 1 atom stereocenters. The molecule has 0 aliphatic rings. The van der Waals surface area contributed by atoms with Gasteiger partial charge in [-0.25, -0.2) is 0 Å². The van der Waals surface area contributed by atoms with E-state index in [2.05, 4.69) is 10.5 Å². The van der Waals surface area contributed by atoms with Gasteiger partial charge in [0.25, 0.3) is 0 Å². The van der Waals surface area contributed by atoms with Crippen molar-refractivity contribution in [1.82, 2.24) is 10.5 Å². The Morgan fingerprint density at radius 3 is 2.65 bits per heavy atom. The number of carbonyl (C=O) groups excluding carboxylic acids is 1. The van der Waals surface area contributed by atoms with E-state index in [0.29, 0.717) is 13.0 Å². The van der Waals surface area contributed by atoms with Gasteiger partial charge in [-0.15, -0.1) is 0 Å². The second-order valence-corrected chi connectivity index (χ2v) is 4.37. The molecule has 1 aromatic carbocycles. The number of nitrogens with one attached hydrogen (secondary N) is 1. The molecular weight excluding hydrogens is 256 g/mol. The minimum Gasteiger partial charge on any atom is -0.465 e. The van der Waals surface area contributed by atoms with E-state index >= 15 is 0 Å². The first kappa shape index (κ1) is 14.3. The maximum absolute atomic E-state index is 11.7. The number of nitrogens with zero attached hydrogens (tertiary/aromatic N) is 1. The van der Waals surface area contributed by atoms with E-state index in [1.807, 2.05) is 30.3 Å². The summed E-state index contributed by atoms with van der Waals surface area (Å²) in [6.07, 6.45) is 2.20. The molecule has 1 heterocycles. The number of esters is 1. The average molecular weight is 274 g/mol. The SMILES string of the molecule is CCOC(=O)[C@H](Cc1ccc(-c2ccno2)cc1)NC. The van der Waals surface area contributed by atoms with Crippen LogP contribution in [0, 0.1) is 0 Å². The molecule has 0 aliphatic carbocycles. The Morgan fingerprint density at radius 2 is 2.10 bits per heavy atom. The van der Waals surface area contributed by atoms with Crippen LogP contribution >= 0.6 is 0 Å². The van der Waals surface area contributed by atoms with Crippen molar-refractivity contribution in [2.45, 2.75) is 19.4 Å². The molecule has 5 nitrogen and oxygen atoms in total. The number of carbonyl (C=O) groups is 1. The summed E-state index contributed by atoms with van der Waals surface area (Å²) in [5.41, 5.74) is 2.02. The van der Waals surface area contributed by atoms with Gasteiger partial charge in [0.05, 0.1) is 12.8 Å². The summed E-state index contributed by atoms with van der Waals surface area (Å²) >= 11 is 0. The fraction of sp³-hybridized carbons (Fsp3) is 0.333. The van der Waals surface area contributed by atoms with Crippen LogP contribution in [0.4, 0.5) is 0 Å². The summed E-state index contributed by atoms with van der Waals surface area (Å²) in [5, 5.41) is 6.65. The number of hydrogen-bond donors (Lipinski definition) is 1. The Hall–Kier alpha value is -2.14. The average Bonchev–Trinajstić information content (AvgIpc) is 3.00. The zero-order valence-corrected chi connectivity index (χ0v) is 11.6. The lowest BCUT2D eigenvalue weighted by atomic mass is 10.0. The highest BCUT2D eigenvalue weighted by Gasteiger charge is 2.17. The molecule has 0 spiro atoms. The van der Waals surface area contributed by atoms with Crippen molar-refractivity contribution in [2.75, 3.05) is 13.7 Å². The van der Waals surface area contributed by atoms with Crippen molar-refractivity contribution in [1.29, 1.82) is 0 Å². The van der Waals surface area contributed by atoms with E-state index in [4.69, 9.17) is 9.26 Å². The first-order valence-corrected chi connectivity index (χ1v) is 6.58. The summed E-state index contributed by atoms with van der Waals surface area (Å²) in [4.78, 5) is 11.7. The van der Waals surface area contributed by atoms with Crippen LogP contribution in [-0.4, -0.2) is 30.8 Å². The highest BCUT2D eigenvalue weighted by molar-refractivity contribution is 5.76. The van der Waals surface area contributed by atoms with Gasteiger partial charge >= 0.3 is 5.97 Å². The van der Waals surface area contributed by atoms with E-state index in [1.54, 1.807) is 20.2 Å². The van der Waals surface area contributed by atoms with Gasteiger partial charge in [0.1, 0.15) is 6.04 Å². The van der Waals surface area contributed by atoms with Crippen molar-refractivity contribution < 1.29 is 14.1 Å². The molecule has 2 aromatic rings. The van der Waals surface area contributed by atoms with Crippen molar-refractivity contribution in [3.8, 4) is 11.3 Å². The van der Waals surface area contributed by atoms with E-state index in [0.717, 1.165) is 16.9 Å². The van der Waals surface area contributed by atoms with E-state index < -0.39 is 0 Å². The molecule has 0 unspecified atom stereocenters. The molecule has 20 heavy (non-hydrogen) atoms. The zero-order valence-electron chi connectivity index (χ0n) is 11.6. The molecule has 0 saturated carbocycles. The van der Waals surface area contributed by atoms with E-state index in [9.17, 15) is 4.79 Å². The highest BCUT2D eigenvalue weighted by atomic mass is 16.5. The highest BCUT2D eigenvalue weighted by Crippen LogP contribution is 2.19. The lowest BCUT2D eigenvalue weighted by Crippen LogP contribution is -2.37. The third kappa shape index (κ3) is 3.45. The summed E-state index contributed by atoms with van der Waals surface area (Å²) in [5.74, 6) is 0.501. The van der Waals surface area contributed by atoms with Crippen molar-refractivity contribution in [2.24, 2.45) is 0 Å². The summed E-state index contributed by atoms with van der Waals surface area (Å²) < 4.78 is 10.1. The minimum absolute atomic E-state index is 0.227. The molecule has 1 aromatic heterocycles. The normalized spacial score (nSPS) is 12.1. The number of rotatable bonds is 6. The molecule has 5 heteroatoms. The van der Waals surface area contributed by atoms with Gasteiger partial charge in [0.2, 0.25) is 0 Å². The minimum atomic E-state index is -0.328. The largest absolute Gasteiger partial charge is 0.465 e. The predicted molar refractivity (Wildman–Crippen MR) is 75.1 cm³/mol. The Morgan fingerprint density at radius 1 is 1.35 bits per heavy atom. The van der Waals surface area contributed by atoms with Crippen LogP contribution in [0.1, 0.15) is 12.5 Å². The molecule has 0 radical (unpaired) electrons. The summed E-state index contributed by atoms with van der Waals surface area (Å²) in [6.45, 7) is 2.19. The first-order chi connectivity index (χ1) is 9.74. The smallest absolute Gasteiger partial charge is 0.323 e. The topological polar surface area (TPSA) is 64.4 Å². The lowest BCUT2D eigenvalue weighted by molar-refractivity contribution is -0.145. The zero-order chi connectivity index (χ0) is 14.4. The molecule has 0 bridgehead atoms. The molecule has 106 valence electrons. The standard InChI is InChI=1S/C15H18N2O3/c1-3-19-15(18)13(16-2)10-11-4-6-12(7-5-11)14-8-9-17-20-14/h4-9,13,16H,3,10H2,1-2H3/t13-/m0/s1. The van der Waals surface area contributed by atoms with Gasteiger partial charge < -0.3 is 14.6 Å². The van der Waals surface area contributed by atoms with Gasteiger partial charge in [-0.3, -0.25) is 4.79 Å². The summed E-state index contributed by atoms with van der Waals surface area (Å²) in [7, 11) is 1.75. The lowest BCUT2D eigenvalue weighted by Gasteiger charge is -2.14. The molecule has 2 rings (SSSR count). The van der Waals surface area contributed by atoms with Crippen molar-refractivity contribution in [3.63, 3.8) is 0 Å². The number of hydrogen-bond acceptors (Lipinski definition) is 5.